The van der Waals surface area contributed by atoms with Crippen LogP contribution in [0, 0.1) is 17.0 Å². The largest absolute Gasteiger partial charge is 0.347 e. The number of benzene rings is 1. The third kappa shape index (κ3) is 3.70. The van der Waals surface area contributed by atoms with E-state index in [1.807, 2.05) is 13.8 Å². The molecule has 1 aromatic carbocycles. The SMILES string of the molecule is CCC(C)(CCCl)NC(=O)c1cccc([N+](=O)[O-])c1C. The van der Waals surface area contributed by atoms with E-state index in [1.54, 1.807) is 13.0 Å². The Bertz CT molecular complexity index is 519. The number of alkyl halides is 1. The molecule has 1 rings (SSSR count). The molecule has 0 heterocycles. The Labute approximate surface area is 123 Å². The van der Waals surface area contributed by atoms with Gasteiger partial charge in [0, 0.05) is 28.6 Å². The molecule has 0 fully saturated rings. The Balaban J connectivity index is 3.04. The molecular weight excluding hydrogens is 280 g/mol. The summed E-state index contributed by atoms with van der Waals surface area (Å²) in [5.41, 5.74) is 0.247. The van der Waals surface area contributed by atoms with Gasteiger partial charge in [0.2, 0.25) is 0 Å². The average molecular weight is 299 g/mol. The summed E-state index contributed by atoms with van der Waals surface area (Å²) in [7, 11) is 0. The Morgan fingerprint density at radius 3 is 2.65 bits per heavy atom. The first-order valence-corrected chi connectivity index (χ1v) is 7.00. The van der Waals surface area contributed by atoms with Gasteiger partial charge < -0.3 is 5.32 Å². The predicted octanol–water partition coefficient (Wildman–Crippen LogP) is 3.43. The summed E-state index contributed by atoms with van der Waals surface area (Å²) in [6.07, 6.45) is 1.38. The van der Waals surface area contributed by atoms with Crippen LogP contribution in [-0.2, 0) is 0 Å². The van der Waals surface area contributed by atoms with Gasteiger partial charge in [0.1, 0.15) is 0 Å². The summed E-state index contributed by atoms with van der Waals surface area (Å²) < 4.78 is 0. The zero-order valence-corrected chi connectivity index (χ0v) is 12.7. The lowest BCUT2D eigenvalue weighted by atomic mass is 9.94. The highest BCUT2D eigenvalue weighted by atomic mass is 35.5. The van der Waals surface area contributed by atoms with E-state index < -0.39 is 10.5 Å². The number of carbonyl (C=O) groups excluding carboxylic acids is 1. The van der Waals surface area contributed by atoms with Crippen molar-refractivity contribution in [3.05, 3.63) is 39.4 Å². The van der Waals surface area contributed by atoms with Crippen LogP contribution in [0.2, 0.25) is 0 Å². The number of nitrogens with one attached hydrogen (secondary N) is 1. The third-order valence-corrected chi connectivity index (χ3v) is 3.78. The summed E-state index contributed by atoms with van der Waals surface area (Å²) in [6.45, 7) is 5.46. The Morgan fingerprint density at radius 2 is 2.15 bits per heavy atom. The van der Waals surface area contributed by atoms with Crippen LogP contribution in [0.1, 0.15) is 42.6 Å². The van der Waals surface area contributed by atoms with E-state index >= 15 is 0 Å². The van der Waals surface area contributed by atoms with Gasteiger partial charge in [-0.2, -0.15) is 0 Å². The van der Waals surface area contributed by atoms with Crippen molar-refractivity contribution < 1.29 is 9.72 Å². The van der Waals surface area contributed by atoms with Crippen molar-refractivity contribution in [3.63, 3.8) is 0 Å². The Morgan fingerprint density at radius 1 is 1.50 bits per heavy atom. The molecule has 0 saturated carbocycles. The van der Waals surface area contributed by atoms with Crippen LogP contribution in [0.5, 0.6) is 0 Å². The predicted molar refractivity (Wildman–Crippen MR) is 79.3 cm³/mol. The second-order valence-electron chi connectivity index (χ2n) is 5.01. The minimum atomic E-state index is -0.482. The van der Waals surface area contributed by atoms with Crippen molar-refractivity contribution in [2.45, 2.75) is 39.2 Å². The van der Waals surface area contributed by atoms with E-state index in [2.05, 4.69) is 5.32 Å². The number of rotatable bonds is 6. The lowest BCUT2D eigenvalue weighted by Crippen LogP contribution is -2.46. The van der Waals surface area contributed by atoms with E-state index in [0.717, 1.165) is 6.42 Å². The number of hydrogen-bond donors (Lipinski definition) is 1. The fraction of sp³-hybridized carbons (Fsp3) is 0.500. The van der Waals surface area contributed by atoms with Gasteiger partial charge in [0.15, 0.2) is 0 Å². The van der Waals surface area contributed by atoms with Gasteiger partial charge in [-0.1, -0.05) is 13.0 Å². The van der Waals surface area contributed by atoms with Gasteiger partial charge in [0.05, 0.1) is 4.92 Å². The highest BCUT2D eigenvalue weighted by Gasteiger charge is 2.26. The molecule has 110 valence electrons. The van der Waals surface area contributed by atoms with Crippen LogP contribution in [0.15, 0.2) is 18.2 Å². The van der Waals surface area contributed by atoms with Gasteiger partial charge in [-0.25, -0.2) is 0 Å². The van der Waals surface area contributed by atoms with Crippen LogP contribution >= 0.6 is 11.6 Å². The molecule has 0 bridgehead atoms. The molecule has 0 aromatic heterocycles. The second-order valence-corrected chi connectivity index (χ2v) is 5.39. The van der Waals surface area contributed by atoms with Crippen LogP contribution in [0.25, 0.3) is 0 Å². The van der Waals surface area contributed by atoms with E-state index in [-0.39, 0.29) is 11.6 Å². The van der Waals surface area contributed by atoms with Crippen molar-refractivity contribution in [2.24, 2.45) is 0 Å². The second kappa shape index (κ2) is 6.70. The molecule has 5 nitrogen and oxygen atoms in total. The number of carbonyl (C=O) groups is 1. The molecule has 1 unspecified atom stereocenters. The molecular formula is C14H19ClN2O3. The number of nitro groups is 1. The summed E-state index contributed by atoms with van der Waals surface area (Å²) >= 11 is 5.75. The van der Waals surface area contributed by atoms with Gasteiger partial charge >= 0.3 is 0 Å². The summed E-state index contributed by atoms with van der Waals surface area (Å²) in [6, 6.07) is 4.50. The number of hydrogen-bond acceptors (Lipinski definition) is 3. The molecule has 1 aromatic rings. The van der Waals surface area contributed by atoms with Crippen molar-refractivity contribution in [1.29, 1.82) is 0 Å². The quantitative estimate of drug-likeness (QED) is 0.497. The number of amides is 1. The molecule has 0 aliphatic rings. The highest BCUT2D eigenvalue weighted by Crippen LogP contribution is 2.22. The van der Waals surface area contributed by atoms with Crippen molar-refractivity contribution in [2.75, 3.05) is 5.88 Å². The minimum absolute atomic E-state index is 0.0480. The average Bonchev–Trinajstić information content (AvgIpc) is 2.38. The Hall–Kier alpha value is -1.62. The lowest BCUT2D eigenvalue weighted by Gasteiger charge is -2.29. The molecule has 0 aliphatic carbocycles. The molecule has 6 heteroatoms. The lowest BCUT2D eigenvalue weighted by molar-refractivity contribution is -0.385. The third-order valence-electron chi connectivity index (χ3n) is 3.59. The van der Waals surface area contributed by atoms with Crippen LogP contribution in [0.3, 0.4) is 0 Å². The van der Waals surface area contributed by atoms with E-state index in [9.17, 15) is 14.9 Å². The van der Waals surface area contributed by atoms with E-state index in [4.69, 9.17) is 11.6 Å². The Kier molecular flexibility index (Phi) is 5.51. The maximum Gasteiger partial charge on any atom is 0.273 e. The fourth-order valence-corrected chi connectivity index (χ4v) is 2.36. The van der Waals surface area contributed by atoms with Crippen molar-refractivity contribution in [3.8, 4) is 0 Å². The van der Waals surface area contributed by atoms with E-state index in [0.29, 0.717) is 23.4 Å². The minimum Gasteiger partial charge on any atom is -0.347 e. The topological polar surface area (TPSA) is 72.2 Å². The normalized spacial score (nSPS) is 13.6. The molecule has 1 N–H and O–H groups in total. The maximum atomic E-state index is 12.3. The summed E-state index contributed by atoms with van der Waals surface area (Å²) in [5.74, 6) is 0.138. The molecule has 0 spiro atoms. The first-order valence-electron chi connectivity index (χ1n) is 6.47. The summed E-state index contributed by atoms with van der Waals surface area (Å²) in [4.78, 5) is 22.7. The molecule has 20 heavy (non-hydrogen) atoms. The fourth-order valence-electron chi connectivity index (χ4n) is 1.94. The smallest absolute Gasteiger partial charge is 0.273 e. The van der Waals surface area contributed by atoms with Gasteiger partial charge in [-0.05, 0) is 32.8 Å². The zero-order valence-electron chi connectivity index (χ0n) is 11.9. The zero-order chi connectivity index (χ0) is 15.3. The number of nitro benzene ring substituents is 1. The standard InChI is InChI=1S/C14H19ClN2O3/c1-4-14(3,8-9-15)16-13(18)11-6-5-7-12(10(11)2)17(19)20/h5-7H,4,8-9H2,1-3H3,(H,16,18). The molecule has 0 aliphatic heterocycles. The molecule has 1 atom stereocenters. The van der Waals surface area contributed by atoms with Gasteiger partial charge in [-0.15, -0.1) is 11.6 Å². The summed E-state index contributed by atoms with van der Waals surface area (Å²) in [5, 5.41) is 13.8. The van der Waals surface area contributed by atoms with Crippen molar-refractivity contribution in [1.82, 2.24) is 5.32 Å². The van der Waals surface area contributed by atoms with Crippen LogP contribution < -0.4 is 5.32 Å². The molecule has 0 saturated heterocycles. The molecule has 1 amide bonds. The van der Waals surface area contributed by atoms with E-state index in [1.165, 1.54) is 12.1 Å². The van der Waals surface area contributed by atoms with Crippen LogP contribution in [-0.4, -0.2) is 22.2 Å². The maximum absolute atomic E-state index is 12.3. The van der Waals surface area contributed by atoms with Crippen molar-refractivity contribution >= 4 is 23.2 Å². The van der Waals surface area contributed by atoms with Crippen LogP contribution in [0.4, 0.5) is 5.69 Å². The first kappa shape index (κ1) is 16.4. The van der Waals surface area contributed by atoms with Gasteiger partial charge in [-0.3, -0.25) is 14.9 Å². The first-order chi connectivity index (χ1) is 9.34. The van der Waals surface area contributed by atoms with Gasteiger partial charge in [0.25, 0.3) is 11.6 Å². The number of halogens is 1. The molecule has 0 radical (unpaired) electrons. The highest BCUT2D eigenvalue weighted by molar-refractivity contribution is 6.17. The number of nitrogens with zero attached hydrogens (tertiary/aromatic N) is 1. The monoisotopic (exact) mass is 298 g/mol.